The van der Waals surface area contributed by atoms with Gasteiger partial charge < -0.3 is 5.11 Å². The number of rotatable bonds is 3. The molecule has 0 fully saturated rings. The van der Waals surface area contributed by atoms with Crippen molar-refractivity contribution in [2.75, 3.05) is 0 Å². The highest BCUT2D eigenvalue weighted by molar-refractivity contribution is 9.10. The second-order valence-corrected chi connectivity index (χ2v) is 5.26. The van der Waals surface area contributed by atoms with Crippen molar-refractivity contribution in [1.82, 2.24) is 9.97 Å². The van der Waals surface area contributed by atoms with Crippen LogP contribution in [-0.2, 0) is 0 Å². The van der Waals surface area contributed by atoms with Crippen molar-refractivity contribution in [1.29, 1.82) is 0 Å². The predicted molar refractivity (Wildman–Crippen MR) is 86.8 cm³/mol. The Balaban J connectivity index is 2.69. The first-order valence-corrected chi connectivity index (χ1v) is 7.05. The van der Waals surface area contributed by atoms with Crippen LogP contribution in [0, 0.1) is 0 Å². The van der Waals surface area contributed by atoms with E-state index in [-0.39, 0.29) is 5.76 Å². The quantitative estimate of drug-likeness (QED) is 0.476. The monoisotopic (exact) mass is 350 g/mol. The Kier molecular flexibility index (Phi) is 4.57. The highest BCUT2D eigenvalue weighted by atomic mass is 79.9. The summed E-state index contributed by atoms with van der Waals surface area (Å²) in [6.07, 6.45) is 4.78. The molecule has 0 bridgehead atoms. The van der Waals surface area contributed by atoms with Crippen molar-refractivity contribution < 1.29 is 5.11 Å². The SMILES string of the molecule is C=C/C=C(\C(O)=C/C)c1nc(Cl)c2cc(Br)ccc2n1. The van der Waals surface area contributed by atoms with Crippen molar-refractivity contribution in [3.8, 4) is 0 Å². The summed E-state index contributed by atoms with van der Waals surface area (Å²) >= 11 is 9.59. The molecular formula is C15H12BrClN2O. The largest absolute Gasteiger partial charge is 0.508 e. The maximum Gasteiger partial charge on any atom is 0.165 e. The Hall–Kier alpha value is -1.65. The van der Waals surface area contributed by atoms with Gasteiger partial charge in [-0.05, 0) is 37.3 Å². The summed E-state index contributed by atoms with van der Waals surface area (Å²) in [5.74, 6) is 0.442. The Bertz CT molecular complexity index is 738. The van der Waals surface area contributed by atoms with Gasteiger partial charge in [-0.3, -0.25) is 0 Å². The molecule has 0 aliphatic heterocycles. The van der Waals surface area contributed by atoms with E-state index in [0.717, 1.165) is 9.86 Å². The third kappa shape index (κ3) is 2.92. The average Bonchev–Trinajstić information content (AvgIpc) is 2.44. The van der Waals surface area contributed by atoms with Crippen molar-refractivity contribution in [2.24, 2.45) is 0 Å². The molecule has 0 saturated carbocycles. The molecule has 1 N–H and O–H groups in total. The maximum atomic E-state index is 9.92. The third-order valence-electron chi connectivity index (χ3n) is 2.69. The highest BCUT2D eigenvalue weighted by Crippen LogP contribution is 2.27. The Morgan fingerprint density at radius 1 is 1.40 bits per heavy atom. The molecular weight excluding hydrogens is 340 g/mol. The normalized spacial score (nSPS) is 12.8. The van der Waals surface area contributed by atoms with Crippen LogP contribution in [0.25, 0.3) is 16.5 Å². The van der Waals surface area contributed by atoms with Gasteiger partial charge >= 0.3 is 0 Å². The number of aliphatic hydroxyl groups is 1. The number of halogens is 2. The summed E-state index contributed by atoms with van der Waals surface area (Å²) in [5.41, 5.74) is 1.19. The standard InChI is InChI=1S/C15H12BrClN2O/c1-3-5-10(13(20)4-2)15-18-12-7-6-9(16)8-11(12)14(17)19-15/h3-8,20H,1H2,2H3/b10-5+,13-4+. The first-order valence-electron chi connectivity index (χ1n) is 5.88. The number of allylic oxidation sites excluding steroid dienone is 4. The van der Waals surface area contributed by atoms with Crippen molar-refractivity contribution in [2.45, 2.75) is 6.92 Å². The van der Waals surface area contributed by atoms with E-state index in [4.69, 9.17) is 11.6 Å². The molecule has 0 aliphatic rings. The lowest BCUT2D eigenvalue weighted by molar-refractivity contribution is 0.436. The van der Waals surface area contributed by atoms with Gasteiger partial charge in [0.15, 0.2) is 5.82 Å². The lowest BCUT2D eigenvalue weighted by atomic mass is 10.1. The molecule has 2 aromatic rings. The Labute approximate surface area is 130 Å². The van der Waals surface area contributed by atoms with Crippen LogP contribution >= 0.6 is 27.5 Å². The molecule has 1 aromatic carbocycles. The van der Waals surface area contributed by atoms with Crippen LogP contribution < -0.4 is 0 Å². The predicted octanol–water partition coefficient (Wildman–Crippen LogP) is 5.08. The molecule has 20 heavy (non-hydrogen) atoms. The molecule has 0 amide bonds. The molecule has 0 saturated heterocycles. The molecule has 0 spiro atoms. The summed E-state index contributed by atoms with van der Waals surface area (Å²) in [5, 5.41) is 11.0. The highest BCUT2D eigenvalue weighted by Gasteiger charge is 2.12. The number of benzene rings is 1. The first kappa shape index (κ1) is 14.8. The number of hydrogen-bond donors (Lipinski definition) is 1. The number of hydrogen-bond acceptors (Lipinski definition) is 3. The van der Waals surface area contributed by atoms with Gasteiger partial charge in [0.25, 0.3) is 0 Å². The zero-order chi connectivity index (χ0) is 14.7. The topological polar surface area (TPSA) is 46.0 Å². The summed E-state index contributed by atoms with van der Waals surface area (Å²) in [6, 6.07) is 5.57. The fourth-order valence-electron chi connectivity index (χ4n) is 1.73. The van der Waals surface area contributed by atoms with Crippen LogP contribution in [0.2, 0.25) is 5.15 Å². The third-order valence-corrected chi connectivity index (χ3v) is 3.47. The Morgan fingerprint density at radius 3 is 2.80 bits per heavy atom. The van der Waals surface area contributed by atoms with Crippen molar-refractivity contribution >= 4 is 44.0 Å². The number of aliphatic hydroxyl groups excluding tert-OH is 1. The van der Waals surface area contributed by atoms with Crippen LogP contribution in [-0.4, -0.2) is 15.1 Å². The molecule has 0 aliphatic carbocycles. The number of nitrogens with zero attached hydrogens (tertiary/aromatic N) is 2. The summed E-state index contributed by atoms with van der Waals surface area (Å²) in [7, 11) is 0. The van der Waals surface area contributed by atoms with Crippen LogP contribution in [0.15, 0.2) is 53.2 Å². The summed E-state index contributed by atoms with van der Waals surface area (Å²) < 4.78 is 0.904. The van der Waals surface area contributed by atoms with Gasteiger partial charge in [0.05, 0.1) is 11.1 Å². The van der Waals surface area contributed by atoms with Gasteiger partial charge in [0.1, 0.15) is 10.9 Å². The minimum absolute atomic E-state index is 0.0810. The second kappa shape index (κ2) is 6.20. The van der Waals surface area contributed by atoms with E-state index in [1.54, 1.807) is 25.2 Å². The van der Waals surface area contributed by atoms with Gasteiger partial charge in [-0.1, -0.05) is 40.2 Å². The van der Waals surface area contributed by atoms with Crippen molar-refractivity contribution in [3.05, 3.63) is 64.2 Å². The molecule has 5 heteroatoms. The maximum absolute atomic E-state index is 9.92. The van der Waals surface area contributed by atoms with Crippen molar-refractivity contribution in [3.63, 3.8) is 0 Å². The average molecular weight is 352 g/mol. The number of fused-ring (bicyclic) bond motifs is 1. The smallest absolute Gasteiger partial charge is 0.165 e. The summed E-state index contributed by atoms with van der Waals surface area (Å²) in [6.45, 7) is 5.36. The first-order chi connectivity index (χ1) is 9.56. The van der Waals surface area contributed by atoms with E-state index in [9.17, 15) is 5.11 Å². The van der Waals surface area contributed by atoms with Gasteiger partial charge in [-0.25, -0.2) is 9.97 Å². The van der Waals surface area contributed by atoms with E-state index >= 15 is 0 Å². The van der Waals surface area contributed by atoms with Crippen LogP contribution in [0.1, 0.15) is 12.7 Å². The zero-order valence-electron chi connectivity index (χ0n) is 10.8. The minimum Gasteiger partial charge on any atom is -0.508 e. The van der Waals surface area contributed by atoms with Crippen LogP contribution in [0.3, 0.4) is 0 Å². The van der Waals surface area contributed by atoms with Gasteiger partial charge in [-0.2, -0.15) is 0 Å². The minimum atomic E-state index is 0.0810. The Morgan fingerprint density at radius 2 is 2.15 bits per heavy atom. The fraction of sp³-hybridized carbons (Fsp3) is 0.0667. The molecule has 1 aromatic heterocycles. The van der Waals surface area contributed by atoms with E-state index in [0.29, 0.717) is 22.1 Å². The van der Waals surface area contributed by atoms with Gasteiger partial charge in [0, 0.05) is 9.86 Å². The van der Waals surface area contributed by atoms with E-state index in [1.807, 2.05) is 18.2 Å². The molecule has 2 rings (SSSR count). The van der Waals surface area contributed by atoms with Gasteiger partial charge in [-0.15, -0.1) is 0 Å². The van der Waals surface area contributed by atoms with Crippen LogP contribution in [0.5, 0.6) is 0 Å². The number of aromatic nitrogens is 2. The van der Waals surface area contributed by atoms with Gasteiger partial charge in [0.2, 0.25) is 0 Å². The molecule has 0 radical (unpaired) electrons. The second-order valence-electron chi connectivity index (χ2n) is 3.99. The fourth-order valence-corrected chi connectivity index (χ4v) is 2.32. The molecule has 3 nitrogen and oxygen atoms in total. The van der Waals surface area contributed by atoms with E-state index in [1.165, 1.54) is 0 Å². The lowest BCUT2D eigenvalue weighted by Gasteiger charge is -2.07. The molecule has 1 heterocycles. The molecule has 0 atom stereocenters. The van der Waals surface area contributed by atoms with E-state index in [2.05, 4.69) is 32.5 Å². The lowest BCUT2D eigenvalue weighted by Crippen LogP contribution is -1.98. The van der Waals surface area contributed by atoms with E-state index < -0.39 is 0 Å². The molecule has 0 unspecified atom stereocenters. The van der Waals surface area contributed by atoms with Crippen LogP contribution in [0.4, 0.5) is 0 Å². The molecule has 102 valence electrons. The zero-order valence-corrected chi connectivity index (χ0v) is 13.1. The summed E-state index contributed by atoms with van der Waals surface area (Å²) in [4.78, 5) is 8.68.